The predicted molar refractivity (Wildman–Crippen MR) is 105 cm³/mol. The first-order valence-electron chi connectivity index (χ1n) is 9.10. The van der Waals surface area contributed by atoms with Gasteiger partial charge in [0.2, 0.25) is 15.9 Å². The van der Waals surface area contributed by atoms with Gasteiger partial charge in [-0.05, 0) is 30.2 Å². The van der Waals surface area contributed by atoms with E-state index in [1.807, 2.05) is 18.2 Å². The summed E-state index contributed by atoms with van der Waals surface area (Å²) in [5, 5.41) is 2.77. The molecule has 2 N–H and O–H groups in total. The lowest BCUT2D eigenvalue weighted by Gasteiger charge is -2.28. The topological polar surface area (TPSA) is 93.7 Å². The van der Waals surface area contributed by atoms with E-state index in [-0.39, 0.29) is 23.5 Å². The Hall–Kier alpha value is -2.58. The van der Waals surface area contributed by atoms with Gasteiger partial charge in [0.15, 0.2) is 11.5 Å². The van der Waals surface area contributed by atoms with Gasteiger partial charge in [0.05, 0.1) is 11.4 Å². The van der Waals surface area contributed by atoms with Gasteiger partial charge in [0.1, 0.15) is 18.8 Å². The van der Waals surface area contributed by atoms with Crippen molar-refractivity contribution in [3.05, 3.63) is 54.6 Å². The molecule has 0 radical (unpaired) electrons. The number of hydrogen-bond acceptors (Lipinski definition) is 5. The average molecular weight is 404 g/mol. The summed E-state index contributed by atoms with van der Waals surface area (Å²) in [6.45, 7) is 4.09. The van der Waals surface area contributed by atoms with E-state index in [9.17, 15) is 13.2 Å². The minimum atomic E-state index is -3.80. The Balaban J connectivity index is 1.61. The van der Waals surface area contributed by atoms with E-state index in [4.69, 9.17) is 9.47 Å². The van der Waals surface area contributed by atoms with Crippen LogP contribution in [0.5, 0.6) is 11.5 Å². The zero-order valence-corrected chi connectivity index (χ0v) is 16.6. The minimum Gasteiger partial charge on any atom is -0.486 e. The lowest BCUT2D eigenvalue weighted by atomic mass is 10.1. The van der Waals surface area contributed by atoms with Gasteiger partial charge in [-0.3, -0.25) is 4.79 Å². The fourth-order valence-electron chi connectivity index (χ4n) is 2.82. The molecular weight excluding hydrogens is 380 g/mol. The van der Waals surface area contributed by atoms with Crippen LogP contribution in [-0.4, -0.2) is 39.6 Å². The lowest BCUT2D eigenvalue weighted by Crippen LogP contribution is -2.52. The molecule has 2 aromatic carbocycles. The summed E-state index contributed by atoms with van der Waals surface area (Å²) in [5.41, 5.74) is 0. The average Bonchev–Trinajstić information content (AvgIpc) is 2.70. The Morgan fingerprint density at radius 1 is 1.07 bits per heavy atom. The van der Waals surface area contributed by atoms with Gasteiger partial charge in [0, 0.05) is 0 Å². The van der Waals surface area contributed by atoms with Crippen LogP contribution in [-0.2, 0) is 14.8 Å². The highest BCUT2D eigenvalue weighted by atomic mass is 32.2. The second kappa shape index (κ2) is 8.62. The number of para-hydroxylation sites is 2. The smallest absolute Gasteiger partial charge is 0.241 e. The second-order valence-electron chi connectivity index (χ2n) is 6.90. The molecule has 0 unspecified atom stereocenters. The molecule has 28 heavy (non-hydrogen) atoms. The molecule has 0 aliphatic carbocycles. The molecule has 1 heterocycles. The van der Waals surface area contributed by atoms with Crippen molar-refractivity contribution in [2.75, 3.05) is 13.2 Å². The normalized spacial score (nSPS) is 17.2. The van der Waals surface area contributed by atoms with Gasteiger partial charge in [-0.25, -0.2) is 8.42 Å². The van der Waals surface area contributed by atoms with Crippen molar-refractivity contribution in [3.8, 4) is 11.5 Å². The number of nitrogens with one attached hydrogen (secondary N) is 2. The molecule has 1 aliphatic rings. The monoisotopic (exact) mass is 404 g/mol. The SMILES string of the molecule is CC(C)[C@@H](NS(=O)(=O)c1ccccc1)C(=O)NC[C@H]1COc2ccccc2O1. The highest BCUT2D eigenvalue weighted by Crippen LogP contribution is 2.30. The summed E-state index contributed by atoms with van der Waals surface area (Å²) in [6.07, 6.45) is -0.350. The molecule has 2 atom stereocenters. The zero-order chi connectivity index (χ0) is 20.1. The molecular formula is C20H24N2O5S. The van der Waals surface area contributed by atoms with Crippen molar-refractivity contribution in [1.82, 2.24) is 10.0 Å². The molecule has 0 saturated heterocycles. The molecule has 0 spiro atoms. The number of benzene rings is 2. The summed E-state index contributed by atoms with van der Waals surface area (Å²) in [4.78, 5) is 12.8. The Bertz CT molecular complexity index is 915. The summed E-state index contributed by atoms with van der Waals surface area (Å²) >= 11 is 0. The number of carbonyl (C=O) groups is 1. The summed E-state index contributed by atoms with van der Waals surface area (Å²) in [7, 11) is -3.80. The number of carbonyl (C=O) groups excluding carboxylic acids is 1. The first kappa shape index (κ1) is 20.2. The van der Waals surface area contributed by atoms with E-state index in [0.29, 0.717) is 18.1 Å². The molecule has 1 aliphatic heterocycles. The van der Waals surface area contributed by atoms with Crippen LogP contribution in [0.2, 0.25) is 0 Å². The molecule has 8 heteroatoms. The standard InChI is InChI=1S/C20H24N2O5S/c1-14(2)19(22-28(24,25)16-8-4-3-5-9-16)20(23)21-12-15-13-26-17-10-6-7-11-18(17)27-15/h3-11,14-15,19,22H,12-13H2,1-2H3,(H,21,23)/t15-,19+/m0/s1. The van der Waals surface area contributed by atoms with Crippen molar-refractivity contribution >= 4 is 15.9 Å². The van der Waals surface area contributed by atoms with E-state index in [0.717, 1.165) is 0 Å². The van der Waals surface area contributed by atoms with Gasteiger partial charge < -0.3 is 14.8 Å². The maximum absolute atomic E-state index is 12.6. The Kier molecular flexibility index (Phi) is 6.21. The molecule has 0 bridgehead atoms. The van der Waals surface area contributed by atoms with E-state index in [1.54, 1.807) is 38.1 Å². The van der Waals surface area contributed by atoms with Crippen LogP contribution < -0.4 is 19.5 Å². The molecule has 1 amide bonds. The van der Waals surface area contributed by atoms with Crippen LogP contribution in [0.1, 0.15) is 13.8 Å². The minimum absolute atomic E-state index is 0.120. The van der Waals surface area contributed by atoms with Crippen molar-refractivity contribution < 1.29 is 22.7 Å². The van der Waals surface area contributed by atoms with Crippen LogP contribution in [0, 0.1) is 5.92 Å². The van der Waals surface area contributed by atoms with Crippen LogP contribution >= 0.6 is 0 Å². The summed E-state index contributed by atoms with van der Waals surface area (Å²) in [5.74, 6) is 0.652. The maximum Gasteiger partial charge on any atom is 0.241 e. The van der Waals surface area contributed by atoms with E-state index in [1.165, 1.54) is 12.1 Å². The largest absolute Gasteiger partial charge is 0.486 e. The van der Waals surface area contributed by atoms with Crippen LogP contribution in [0.3, 0.4) is 0 Å². The van der Waals surface area contributed by atoms with E-state index >= 15 is 0 Å². The van der Waals surface area contributed by atoms with Crippen LogP contribution in [0.25, 0.3) is 0 Å². The number of ether oxygens (including phenoxy) is 2. The van der Waals surface area contributed by atoms with Gasteiger partial charge in [-0.1, -0.05) is 44.2 Å². The third-order valence-corrected chi connectivity index (χ3v) is 5.81. The Morgan fingerprint density at radius 3 is 2.39 bits per heavy atom. The first-order valence-corrected chi connectivity index (χ1v) is 10.6. The molecule has 0 aromatic heterocycles. The number of rotatable bonds is 7. The summed E-state index contributed by atoms with van der Waals surface area (Å²) in [6, 6.07) is 14.4. The lowest BCUT2D eigenvalue weighted by molar-refractivity contribution is -0.124. The number of amides is 1. The fraction of sp³-hybridized carbons (Fsp3) is 0.350. The zero-order valence-electron chi connectivity index (χ0n) is 15.8. The van der Waals surface area contributed by atoms with Gasteiger partial charge >= 0.3 is 0 Å². The van der Waals surface area contributed by atoms with Gasteiger partial charge in [-0.15, -0.1) is 0 Å². The fourth-order valence-corrected chi connectivity index (χ4v) is 4.18. The molecule has 7 nitrogen and oxygen atoms in total. The number of fused-ring (bicyclic) bond motifs is 1. The van der Waals surface area contributed by atoms with E-state index in [2.05, 4.69) is 10.0 Å². The molecule has 3 rings (SSSR count). The molecule has 150 valence electrons. The predicted octanol–water partition coefficient (Wildman–Crippen LogP) is 1.95. The van der Waals surface area contributed by atoms with Crippen molar-refractivity contribution in [3.63, 3.8) is 0 Å². The molecule has 0 fully saturated rings. The molecule has 2 aromatic rings. The van der Waals surface area contributed by atoms with Crippen molar-refractivity contribution in [2.45, 2.75) is 30.9 Å². The highest BCUT2D eigenvalue weighted by molar-refractivity contribution is 7.89. The summed E-state index contributed by atoms with van der Waals surface area (Å²) < 4.78 is 39.1. The van der Waals surface area contributed by atoms with Crippen molar-refractivity contribution in [2.24, 2.45) is 5.92 Å². The Morgan fingerprint density at radius 2 is 1.71 bits per heavy atom. The van der Waals surface area contributed by atoms with Crippen molar-refractivity contribution in [1.29, 1.82) is 0 Å². The van der Waals surface area contributed by atoms with Crippen LogP contribution in [0.15, 0.2) is 59.5 Å². The number of hydrogen-bond donors (Lipinski definition) is 2. The van der Waals surface area contributed by atoms with Gasteiger partial charge in [-0.2, -0.15) is 4.72 Å². The van der Waals surface area contributed by atoms with Crippen LogP contribution in [0.4, 0.5) is 0 Å². The maximum atomic E-state index is 12.6. The molecule has 0 saturated carbocycles. The number of sulfonamides is 1. The Labute approximate surface area is 165 Å². The quantitative estimate of drug-likeness (QED) is 0.736. The third-order valence-electron chi connectivity index (χ3n) is 4.36. The highest BCUT2D eigenvalue weighted by Gasteiger charge is 2.29. The second-order valence-corrected chi connectivity index (χ2v) is 8.61. The third kappa shape index (κ3) is 4.82. The van der Waals surface area contributed by atoms with E-state index < -0.39 is 22.0 Å². The van der Waals surface area contributed by atoms with Gasteiger partial charge in [0.25, 0.3) is 0 Å². The first-order chi connectivity index (χ1) is 13.4.